The summed E-state index contributed by atoms with van der Waals surface area (Å²) >= 11 is 2.25. The molecule has 0 spiro atoms. The molecule has 0 fully saturated rings. The molecule has 0 aliphatic heterocycles. The summed E-state index contributed by atoms with van der Waals surface area (Å²) in [6, 6.07) is 49.3. The van der Waals surface area contributed by atoms with Crippen molar-refractivity contribution in [2.45, 2.75) is 37.2 Å². The van der Waals surface area contributed by atoms with Crippen LogP contribution in [0, 0.1) is 3.57 Å². The number of halogens is 7. The Bertz CT molecular complexity index is 2420. The first-order valence-electron chi connectivity index (χ1n) is 18.7. The molecule has 1 nitrogen and oxygen atoms in total. The predicted octanol–water partition coefficient (Wildman–Crippen LogP) is 14.7. The van der Waals surface area contributed by atoms with Gasteiger partial charge in [0.1, 0.15) is 0 Å². The summed E-state index contributed by atoms with van der Waals surface area (Å²) in [5.41, 5.74) is 4.38. The molecule has 0 atom stereocenters. The van der Waals surface area contributed by atoms with Gasteiger partial charge >= 0.3 is 12.4 Å². The van der Waals surface area contributed by atoms with Gasteiger partial charge in [-0.25, -0.2) is 0 Å². The monoisotopic (exact) mass is 893 g/mol. The second kappa shape index (κ2) is 17.1. The second-order valence-corrected chi connectivity index (χ2v) is 15.4. The molecule has 1 N–H and O–H groups in total. The first-order valence-corrected chi connectivity index (χ1v) is 19.8. The molecule has 7 aromatic carbocycles. The van der Waals surface area contributed by atoms with Crippen LogP contribution in [0.3, 0.4) is 0 Å². The third-order valence-electron chi connectivity index (χ3n) is 10.5. The number of hydrogen-bond donors (Lipinski definition) is 1. The van der Waals surface area contributed by atoms with Crippen molar-refractivity contribution < 1.29 is 26.3 Å². The minimum atomic E-state index is -5.66. The Morgan fingerprint density at radius 1 is 0.431 bits per heavy atom. The fourth-order valence-electron chi connectivity index (χ4n) is 7.22. The SMILES string of the molecule is C=Cc1ccc(-c2ccc(-c3ccc(NCc4ccc(C(c5ccc(CCc6ccc(-c7ccc(I)cc7)cc6)cc5)(C(F)(F)F)C(F)(F)F)cc4)cc3)cc2)cc1. The van der Waals surface area contributed by atoms with E-state index in [2.05, 4.69) is 58.8 Å². The van der Waals surface area contributed by atoms with Gasteiger partial charge in [0, 0.05) is 15.8 Å². The molecule has 0 radical (unpaired) electrons. The van der Waals surface area contributed by atoms with E-state index in [0.717, 1.165) is 78.0 Å². The van der Waals surface area contributed by atoms with Crippen LogP contribution in [-0.2, 0) is 24.8 Å². The lowest BCUT2D eigenvalue weighted by Gasteiger charge is -2.38. The van der Waals surface area contributed by atoms with E-state index in [1.165, 1.54) is 24.3 Å². The Morgan fingerprint density at radius 3 is 1.16 bits per heavy atom. The molecule has 0 heterocycles. The number of hydrogen-bond acceptors (Lipinski definition) is 1. The lowest BCUT2D eigenvalue weighted by atomic mass is 9.72. The van der Waals surface area contributed by atoms with Crippen LogP contribution in [0.1, 0.15) is 33.4 Å². The third kappa shape index (κ3) is 8.77. The van der Waals surface area contributed by atoms with Crippen LogP contribution in [-0.4, -0.2) is 12.4 Å². The molecular weight excluding hydrogens is 855 g/mol. The van der Waals surface area contributed by atoms with Crippen molar-refractivity contribution in [3.63, 3.8) is 0 Å². The van der Waals surface area contributed by atoms with Gasteiger partial charge in [-0.05, 0) is 126 Å². The molecule has 0 aromatic heterocycles. The van der Waals surface area contributed by atoms with Crippen LogP contribution in [0.5, 0.6) is 0 Å². The van der Waals surface area contributed by atoms with Crippen molar-refractivity contribution in [2.24, 2.45) is 0 Å². The highest BCUT2D eigenvalue weighted by molar-refractivity contribution is 14.1. The number of rotatable bonds is 12. The van der Waals surface area contributed by atoms with E-state index in [1.54, 1.807) is 6.08 Å². The van der Waals surface area contributed by atoms with Crippen LogP contribution in [0.2, 0.25) is 0 Å². The first kappa shape index (κ1) is 40.6. The fourth-order valence-corrected chi connectivity index (χ4v) is 7.58. The van der Waals surface area contributed by atoms with Gasteiger partial charge in [-0.3, -0.25) is 0 Å². The molecule has 0 aliphatic carbocycles. The summed E-state index contributed by atoms with van der Waals surface area (Å²) in [5.74, 6) is 0. The van der Waals surface area contributed by atoms with Gasteiger partial charge in [0.2, 0.25) is 5.41 Å². The summed E-state index contributed by atoms with van der Waals surface area (Å²) in [5, 5.41) is 3.22. The number of alkyl halides is 6. The maximum Gasteiger partial charge on any atom is 0.411 e. The van der Waals surface area contributed by atoms with Gasteiger partial charge in [-0.15, -0.1) is 0 Å². The average molecular weight is 894 g/mol. The van der Waals surface area contributed by atoms with E-state index in [-0.39, 0.29) is 6.54 Å². The van der Waals surface area contributed by atoms with Gasteiger partial charge in [0.25, 0.3) is 0 Å². The Hall–Kier alpha value is -5.61. The summed E-state index contributed by atoms with van der Waals surface area (Å²) in [7, 11) is 0. The van der Waals surface area contributed by atoms with E-state index in [9.17, 15) is 26.3 Å². The fraction of sp³-hybridized carbons (Fsp3) is 0.120. The average Bonchev–Trinajstić information content (AvgIpc) is 3.23. The van der Waals surface area contributed by atoms with Crippen molar-refractivity contribution >= 4 is 34.4 Å². The number of nitrogens with one attached hydrogen (secondary N) is 1. The minimum absolute atomic E-state index is 0.201. The normalized spacial score (nSPS) is 12.0. The Labute approximate surface area is 348 Å². The molecule has 58 heavy (non-hydrogen) atoms. The molecule has 292 valence electrons. The van der Waals surface area contributed by atoms with Crippen molar-refractivity contribution in [1.82, 2.24) is 0 Å². The molecule has 0 bridgehead atoms. The standard InChI is InChI=1S/C50H38F6IN/c1-2-34-5-13-38(14-6-34)40-17-19-41(20-18-40)43-23-31-47(32-24-43)58-33-37-11-27-45(28-12-37)48(49(51,52)53,50(54,55)56)44-25-9-36(10-26-44)4-3-35-7-15-39(16-8-35)42-21-29-46(57)30-22-42/h2,5-32,58H,1,3-4,33H2. The lowest BCUT2D eigenvalue weighted by molar-refractivity contribution is -0.288. The summed E-state index contributed by atoms with van der Waals surface area (Å²) in [6.45, 7) is 3.99. The van der Waals surface area contributed by atoms with E-state index in [0.29, 0.717) is 24.0 Å². The highest BCUT2D eigenvalue weighted by Crippen LogP contribution is 2.56. The number of anilines is 1. The van der Waals surface area contributed by atoms with Crippen molar-refractivity contribution in [2.75, 3.05) is 5.32 Å². The van der Waals surface area contributed by atoms with Gasteiger partial charge in [-0.2, -0.15) is 26.3 Å². The summed E-state index contributed by atoms with van der Waals surface area (Å²) in [4.78, 5) is 0. The van der Waals surface area contributed by atoms with Crippen LogP contribution in [0.25, 0.3) is 39.5 Å². The quantitative estimate of drug-likeness (QED) is 0.0952. The first-order chi connectivity index (χ1) is 27.8. The maximum absolute atomic E-state index is 14.9. The van der Waals surface area contributed by atoms with Crippen LogP contribution in [0.15, 0.2) is 176 Å². The highest BCUT2D eigenvalue weighted by atomic mass is 127. The Balaban J connectivity index is 1.01. The van der Waals surface area contributed by atoms with Crippen molar-refractivity contribution in [3.05, 3.63) is 213 Å². The zero-order valence-corrected chi connectivity index (χ0v) is 33.4. The smallest absolute Gasteiger partial charge is 0.381 e. The molecule has 7 rings (SSSR count). The summed E-state index contributed by atoms with van der Waals surface area (Å²) in [6.07, 6.45) is -8.49. The molecule has 0 aliphatic rings. The minimum Gasteiger partial charge on any atom is -0.381 e. The van der Waals surface area contributed by atoms with E-state index < -0.39 is 28.9 Å². The summed E-state index contributed by atoms with van der Waals surface area (Å²) < 4.78 is 90.5. The number of aryl methyl sites for hydroxylation is 2. The molecular formula is C50H38F6IN. The van der Waals surface area contributed by atoms with Crippen LogP contribution >= 0.6 is 22.6 Å². The lowest BCUT2D eigenvalue weighted by Crippen LogP contribution is -2.54. The van der Waals surface area contributed by atoms with Crippen LogP contribution in [0.4, 0.5) is 32.0 Å². The van der Waals surface area contributed by atoms with Crippen molar-refractivity contribution in [1.29, 1.82) is 0 Å². The van der Waals surface area contributed by atoms with E-state index in [4.69, 9.17) is 0 Å². The molecule has 8 heteroatoms. The molecule has 0 amide bonds. The second-order valence-electron chi connectivity index (χ2n) is 14.2. The number of benzene rings is 7. The molecule has 0 saturated heterocycles. The zero-order valence-electron chi connectivity index (χ0n) is 31.2. The van der Waals surface area contributed by atoms with E-state index >= 15 is 0 Å². The van der Waals surface area contributed by atoms with Gasteiger partial charge in [-0.1, -0.05) is 158 Å². The molecule has 7 aromatic rings. The Kier molecular flexibility index (Phi) is 12.0. The maximum atomic E-state index is 14.9. The largest absolute Gasteiger partial charge is 0.411 e. The van der Waals surface area contributed by atoms with Crippen LogP contribution < -0.4 is 5.32 Å². The zero-order chi connectivity index (χ0) is 40.9. The van der Waals surface area contributed by atoms with Gasteiger partial charge in [0.15, 0.2) is 0 Å². The molecule has 0 saturated carbocycles. The third-order valence-corrected chi connectivity index (χ3v) is 11.3. The Morgan fingerprint density at radius 2 is 0.759 bits per heavy atom. The van der Waals surface area contributed by atoms with Crippen molar-refractivity contribution in [3.8, 4) is 33.4 Å². The topological polar surface area (TPSA) is 12.0 Å². The predicted molar refractivity (Wildman–Crippen MR) is 233 cm³/mol. The van der Waals surface area contributed by atoms with E-state index in [1.807, 2.05) is 97.1 Å². The van der Waals surface area contributed by atoms with Gasteiger partial charge in [0.05, 0.1) is 0 Å². The molecule has 0 unspecified atom stereocenters. The van der Waals surface area contributed by atoms with Gasteiger partial charge < -0.3 is 5.32 Å². The highest BCUT2D eigenvalue weighted by Gasteiger charge is 2.72.